The van der Waals surface area contributed by atoms with Gasteiger partial charge in [-0.3, -0.25) is 14.2 Å². The van der Waals surface area contributed by atoms with Gasteiger partial charge in [0.2, 0.25) is 5.13 Å². The lowest BCUT2D eigenvalue weighted by Gasteiger charge is -2.45. The number of sulfonamides is 1. The third kappa shape index (κ3) is 4.29. The summed E-state index contributed by atoms with van der Waals surface area (Å²) < 4.78 is 80.1. The first-order chi connectivity index (χ1) is 18.0. The molecule has 0 spiro atoms. The van der Waals surface area contributed by atoms with Crippen LogP contribution in [0.1, 0.15) is 36.1 Å². The molecule has 0 saturated carbocycles. The van der Waals surface area contributed by atoms with Crippen molar-refractivity contribution in [1.82, 2.24) is 18.8 Å². The molecule has 0 amide bonds. The number of aryl methyl sites for hydroxylation is 1. The van der Waals surface area contributed by atoms with Crippen LogP contribution < -0.4 is 10.5 Å². The number of anilines is 1. The fourth-order valence-corrected chi connectivity index (χ4v) is 7.18. The maximum Gasteiger partial charge on any atom is 0.420 e. The van der Waals surface area contributed by atoms with Gasteiger partial charge in [-0.15, -0.1) is 0 Å². The normalized spacial score (nSPS) is 20.2. The molecule has 2 unspecified atom stereocenters. The van der Waals surface area contributed by atoms with Crippen molar-refractivity contribution in [2.45, 2.75) is 49.1 Å². The molecule has 38 heavy (non-hydrogen) atoms. The van der Waals surface area contributed by atoms with Crippen LogP contribution in [0.3, 0.4) is 0 Å². The number of hydrogen-bond donors (Lipinski definition) is 1. The van der Waals surface area contributed by atoms with Crippen LogP contribution in [-0.4, -0.2) is 52.3 Å². The van der Waals surface area contributed by atoms with Gasteiger partial charge in [-0.25, -0.2) is 31.4 Å². The minimum atomic E-state index is -4.36. The second-order valence-corrected chi connectivity index (χ2v) is 12.1. The van der Waals surface area contributed by atoms with E-state index in [4.69, 9.17) is 4.42 Å². The molecule has 6 rings (SSSR count). The zero-order valence-corrected chi connectivity index (χ0v) is 21.7. The van der Waals surface area contributed by atoms with E-state index in [1.807, 2.05) is 18.2 Å². The van der Waals surface area contributed by atoms with Crippen LogP contribution in [0.5, 0.6) is 0 Å². The molecule has 1 saturated heterocycles. The minimum Gasteiger partial charge on any atom is -0.408 e. The van der Waals surface area contributed by atoms with E-state index < -0.39 is 38.5 Å². The SMILES string of the molecule is CC(c1cccc2c1CC(N1CC(F)(F)C1)CC2)n1c(=O)oc2cc(S(=O)(=O)Nc3ncns3)c(F)cc21. The van der Waals surface area contributed by atoms with Crippen molar-refractivity contribution in [3.63, 3.8) is 0 Å². The van der Waals surface area contributed by atoms with Crippen molar-refractivity contribution < 1.29 is 26.0 Å². The van der Waals surface area contributed by atoms with E-state index in [0.717, 1.165) is 59.5 Å². The molecule has 1 aliphatic heterocycles. The van der Waals surface area contributed by atoms with Crippen LogP contribution in [0.15, 0.2) is 50.8 Å². The Labute approximate surface area is 219 Å². The van der Waals surface area contributed by atoms with E-state index >= 15 is 4.39 Å². The second-order valence-electron chi connectivity index (χ2n) is 9.66. The molecular formula is C24H22F3N5O4S2. The fraction of sp³-hybridized carbons (Fsp3) is 0.375. The predicted octanol–water partition coefficient (Wildman–Crippen LogP) is 3.80. The van der Waals surface area contributed by atoms with Gasteiger partial charge in [0.05, 0.1) is 24.6 Å². The van der Waals surface area contributed by atoms with Gasteiger partial charge in [-0.2, -0.15) is 4.37 Å². The molecule has 200 valence electrons. The summed E-state index contributed by atoms with van der Waals surface area (Å²) in [6.07, 6.45) is 3.21. The Morgan fingerprint density at radius 2 is 2.05 bits per heavy atom. The number of benzene rings is 2. The number of nitrogens with zero attached hydrogens (tertiary/aromatic N) is 4. The van der Waals surface area contributed by atoms with Crippen LogP contribution in [-0.2, 0) is 22.9 Å². The average Bonchev–Trinajstić information content (AvgIpc) is 3.46. The summed E-state index contributed by atoms with van der Waals surface area (Å²) in [7, 11) is -4.36. The number of nitrogens with one attached hydrogen (secondary N) is 1. The number of hydrogen-bond acceptors (Lipinski definition) is 8. The number of fused-ring (bicyclic) bond motifs is 2. The summed E-state index contributed by atoms with van der Waals surface area (Å²) in [6.45, 7) is 1.26. The second kappa shape index (κ2) is 8.92. The summed E-state index contributed by atoms with van der Waals surface area (Å²) in [5.41, 5.74) is 2.88. The summed E-state index contributed by atoms with van der Waals surface area (Å²) in [5.74, 6) is -4.49. The number of likely N-dealkylation sites (tertiary alicyclic amines) is 1. The molecule has 2 aromatic carbocycles. The monoisotopic (exact) mass is 565 g/mol. The molecule has 2 aliphatic rings. The molecule has 2 aromatic heterocycles. The lowest BCUT2D eigenvalue weighted by Crippen LogP contribution is -2.60. The Kier molecular flexibility index (Phi) is 5.88. The van der Waals surface area contributed by atoms with Gasteiger partial charge in [-0.1, -0.05) is 18.2 Å². The molecule has 1 fully saturated rings. The molecule has 14 heteroatoms. The number of halogens is 3. The van der Waals surface area contributed by atoms with E-state index in [0.29, 0.717) is 6.42 Å². The molecule has 9 nitrogen and oxygen atoms in total. The quantitative estimate of drug-likeness (QED) is 0.379. The number of rotatable bonds is 6. The van der Waals surface area contributed by atoms with Crippen LogP contribution in [0.4, 0.5) is 18.3 Å². The van der Waals surface area contributed by atoms with Crippen LogP contribution in [0, 0.1) is 5.82 Å². The van der Waals surface area contributed by atoms with Gasteiger partial charge in [0.15, 0.2) is 5.58 Å². The molecule has 3 heterocycles. The highest BCUT2D eigenvalue weighted by Crippen LogP contribution is 2.37. The standard InChI is InChI=1S/C24H22F3N5O4S2/c1-13(16-4-2-3-14-5-6-15(7-17(14)16)31-10-24(26,27)11-31)32-19-8-18(25)21(9-20(19)36-23(32)33)38(34,35)30-22-28-12-29-37-22/h2-4,8-9,12-13,15H,5-7,10-11H2,1H3,(H,28,29,30). The third-order valence-electron chi connectivity index (χ3n) is 7.26. The van der Waals surface area contributed by atoms with E-state index in [1.165, 1.54) is 4.57 Å². The van der Waals surface area contributed by atoms with E-state index in [-0.39, 0.29) is 35.4 Å². The van der Waals surface area contributed by atoms with Crippen molar-refractivity contribution in [1.29, 1.82) is 0 Å². The highest BCUT2D eigenvalue weighted by atomic mass is 32.2. The van der Waals surface area contributed by atoms with Gasteiger partial charge >= 0.3 is 5.76 Å². The van der Waals surface area contributed by atoms with Crippen LogP contribution in [0.25, 0.3) is 11.1 Å². The molecule has 4 aromatic rings. The van der Waals surface area contributed by atoms with Crippen LogP contribution in [0.2, 0.25) is 0 Å². The van der Waals surface area contributed by atoms with Crippen molar-refractivity contribution >= 4 is 37.8 Å². The summed E-state index contributed by atoms with van der Waals surface area (Å²) in [5, 5.41) is -0.0359. The first-order valence-electron chi connectivity index (χ1n) is 11.9. The highest BCUT2D eigenvalue weighted by Gasteiger charge is 2.47. The number of alkyl halides is 2. The number of oxazole rings is 1. The molecular weight excluding hydrogens is 543 g/mol. The molecule has 1 N–H and O–H groups in total. The van der Waals surface area contributed by atoms with Crippen molar-refractivity contribution in [3.8, 4) is 0 Å². The average molecular weight is 566 g/mol. The maximum atomic E-state index is 15.1. The molecule has 0 bridgehead atoms. The molecule has 1 aliphatic carbocycles. The van der Waals surface area contributed by atoms with Crippen molar-refractivity contribution in [3.05, 3.63) is 69.7 Å². The summed E-state index contributed by atoms with van der Waals surface area (Å²) >= 11 is 0.788. The molecule has 2 atom stereocenters. The Hall–Kier alpha value is -3.23. The zero-order valence-electron chi connectivity index (χ0n) is 20.0. The number of aromatic nitrogens is 3. The first kappa shape index (κ1) is 25.1. The first-order valence-corrected chi connectivity index (χ1v) is 14.1. The zero-order chi connectivity index (χ0) is 26.8. The Morgan fingerprint density at radius 3 is 2.76 bits per heavy atom. The van der Waals surface area contributed by atoms with E-state index in [2.05, 4.69) is 14.1 Å². The van der Waals surface area contributed by atoms with E-state index in [1.54, 1.807) is 11.8 Å². The Bertz CT molecular complexity index is 1690. The topological polar surface area (TPSA) is 110 Å². The smallest absolute Gasteiger partial charge is 0.408 e. The van der Waals surface area contributed by atoms with Crippen LogP contribution >= 0.6 is 11.5 Å². The largest absolute Gasteiger partial charge is 0.420 e. The lowest BCUT2D eigenvalue weighted by atomic mass is 9.82. The van der Waals surface area contributed by atoms with Gasteiger partial charge < -0.3 is 4.42 Å². The van der Waals surface area contributed by atoms with Gasteiger partial charge in [-0.05, 0) is 42.9 Å². The predicted molar refractivity (Wildman–Crippen MR) is 134 cm³/mol. The van der Waals surface area contributed by atoms with Gasteiger partial charge in [0.1, 0.15) is 17.0 Å². The Morgan fingerprint density at radius 1 is 1.26 bits per heavy atom. The van der Waals surface area contributed by atoms with Crippen molar-refractivity contribution in [2.75, 3.05) is 17.8 Å². The van der Waals surface area contributed by atoms with E-state index in [9.17, 15) is 22.0 Å². The highest BCUT2D eigenvalue weighted by molar-refractivity contribution is 7.93. The van der Waals surface area contributed by atoms with Gasteiger partial charge in [0.25, 0.3) is 15.9 Å². The van der Waals surface area contributed by atoms with Gasteiger partial charge in [0, 0.05) is 29.7 Å². The summed E-state index contributed by atoms with van der Waals surface area (Å²) in [6, 6.07) is 7.05. The summed E-state index contributed by atoms with van der Waals surface area (Å²) in [4.78, 5) is 17.8. The maximum absolute atomic E-state index is 15.1. The molecule has 0 radical (unpaired) electrons. The lowest BCUT2D eigenvalue weighted by molar-refractivity contribution is -0.147. The minimum absolute atomic E-state index is 0.0287. The fourth-order valence-electron chi connectivity index (χ4n) is 5.44. The van der Waals surface area contributed by atoms with Crippen molar-refractivity contribution in [2.24, 2.45) is 0 Å². The Balaban J connectivity index is 1.36. The third-order valence-corrected chi connectivity index (χ3v) is 9.32.